The molecule has 2 aliphatic rings. The van der Waals surface area contributed by atoms with E-state index in [1.165, 1.54) is 36.8 Å². The first-order valence-corrected chi connectivity index (χ1v) is 6.36. The molecule has 0 amide bonds. The maximum absolute atomic E-state index is 13.3. The van der Waals surface area contributed by atoms with E-state index in [4.69, 9.17) is 0 Å². The van der Waals surface area contributed by atoms with Gasteiger partial charge in [-0.25, -0.2) is 4.39 Å². The highest BCUT2D eigenvalue weighted by Crippen LogP contribution is 2.36. The molecule has 16 heavy (non-hydrogen) atoms. The molecule has 1 heterocycles. The van der Waals surface area contributed by atoms with Crippen molar-refractivity contribution in [3.63, 3.8) is 0 Å². The number of benzene rings is 1. The Labute approximate surface area is 96.1 Å². The number of hydrogen-bond acceptors (Lipinski definition) is 1. The minimum Gasteiger partial charge on any atom is -0.313 e. The SMILES string of the molecule is Fc1ccc2c(c1)C(C1CCCN1)CCC2. The van der Waals surface area contributed by atoms with Gasteiger partial charge in [-0.1, -0.05) is 6.07 Å². The zero-order chi connectivity index (χ0) is 11.0. The summed E-state index contributed by atoms with van der Waals surface area (Å²) in [5, 5.41) is 3.56. The first kappa shape index (κ1) is 10.3. The molecule has 2 heteroatoms. The molecule has 2 unspecified atom stereocenters. The fourth-order valence-electron chi connectivity index (χ4n) is 3.28. The number of nitrogens with one attached hydrogen (secondary N) is 1. The molecular formula is C14H18FN. The molecule has 3 rings (SSSR count). The van der Waals surface area contributed by atoms with Crippen LogP contribution in [0.1, 0.15) is 42.7 Å². The molecule has 2 atom stereocenters. The van der Waals surface area contributed by atoms with Crippen molar-refractivity contribution >= 4 is 0 Å². The maximum atomic E-state index is 13.3. The van der Waals surface area contributed by atoms with Gasteiger partial charge in [0.1, 0.15) is 5.82 Å². The third-order valence-electron chi connectivity index (χ3n) is 4.05. The lowest BCUT2D eigenvalue weighted by Crippen LogP contribution is -2.31. The van der Waals surface area contributed by atoms with Gasteiger partial charge in [-0.05, 0) is 67.8 Å². The molecule has 1 N–H and O–H groups in total. The molecule has 0 spiro atoms. The summed E-state index contributed by atoms with van der Waals surface area (Å²) < 4.78 is 13.3. The highest BCUT2D eigenvalue weighted by molar-refractivity contribution is 5.34. The van der Waals surface area contributed by atoms with Gasteiger partial charge in [0.05, 0.1) is 0 Å². The van der Waals surface area contributed by atoms with Crippen molar-refractivity contribution in [2.24, 2.45) is 0 Å². The smallest absolute Gasteiger partial charge is 0.123 e. The molecule has 1 aromatic carbocycles. The number of rotatable bonds is 1. The van der Waals surface area contributed by atoms with Crippen molar-refractivity contribution in [3.8, 4) is 0 Å². The molecule has 0 bridgehead atoms. The first-order valence-electron chi connectivity index (χ1n) is 6.36. The summed E-state index contributed by atoms with van der Waals surface area (Å²) in [6.07, 6.45) is 6.11. The Morgan fingerprint density at radius 2 is 2.12 bits per heavy atom. The lowest BCUT2D eigenvalue weighted by atomic mass is 9.78. The summed E-state index contributed by atoms with van der Waals surface area (Å²) in [5.41, 5.74) is 2.64. The first-order chi connectivity index (χ1) is 7.84. The minimum atomic E-state index is -0.0800. The van der Waals surface area contributed by atoms with Gasteiger partial charge in [0.15, 0.2) is 0 Å². The van der Waals surface area contributed by atoms with Crippen LogP contribution in [0.4, 0.5) is 4.39 Å². The zero-order valence-electron chi connectivity index (χ0n) is 9.51. The predicted octanol–water partition coefficient (Wildman–Crippen LogP) is 3.00. The van der Waals surface area contributed by atoms with Crippen LogP contribution in [-0.4, -0.2) is 12.6 Å². The van der Waals surface area contributed by atoms with Gasteiger partial charge in [0, 0.05) is 6.04 Å². The zero-order valence-corrected chi connectivity index (χ0v) is 9.51. The highest BCUT2D eigenvalue weighted by atomic mass is 19.1. The van der Waals surface area contributed by atoms with Crippen molar-refractivity contribution in [2.45, 2.75) is 44.1 Å². The van der Waals surface area contributed by atoms with E-state index >= 15 is 0 Å². The molecule has 86 valence electrons. The van der Waals surface area contributed by atoms with Gasteiger partial charge < -0.3 is 5.32 Å². The van der Waals surface area contributed by atoms with Gasteiger partial charge in [0.2, 0.25) is 0 Å². The lowest BCUT2D eigenvalue weighted by molar-refractivity contribution is 0.430. The topological polar surface area (TPSA) is 12.0 Å². The third-order valence-corrected chi connectivity index (χ3v) is 4.05. The van der Waals surface area contributed by atoms with E-state index in [1.54, 1.807) is 12.1 Å². The molecule has 1 aliphatic carbocycles. The van der Waals surface area contributed by atoms with Crippen LogP contribution >= 0.6 is 0 Å². The number of halogens is 1. The molecule has 0 saturated carbocycles. The molecule has 1 nitrogen and oxygen atoms in total. The van der Waals surface area contributed by atoms with E-state index in [9.17, 15) is 4.39 Å². The maximum Gasteiger partial charge on any atom is 0.123 e. The summed E-state index contributed by atoms with van der Waals surface area (Å²) in [6.45, 7) is 1.13. The van der Waals surface area contributed by atoms with Crippen LogP contribution in [0.25, 0.3) is 0 Å². The van der Waals surface area contributed by atoms with Gasteiger partial charge in [-0.15, -0.1) is 0 Å². The van der Waals surface area contributed by atoms with E-state index in [0.29, 0.717) is 12.0 Å². The van der Waals surface area contributed by atoms with Crippen molar-refractivity contribution in [1.82, 2.24) is 5.32 Å². The van der Waals surface area contributed by atoms with Crippen LogP contribution in [0.5, 0.6) is 0 Å². The minimum absolute atomic E-state index is 0.0800. The fourth-order valence-corrected chi connectivity index (χ4v) is 3.28. The standard InChI is InChI=1S/C14H18FN/c15-11-7-6-10-3-1-4-12(13(10)9-11)14-5-2-8-16-14/h6-7,9,12,14,16H,1-5,8H2. The van der Waals surface area contributed by atoms with Crippen LogP contribution in [0.2, 0.25) is 0 Å². The van der Waals surface area contributed by atoms with Crippen molar-refractivity contribution in [3.05, 3.63) is 35.1 Å². The summed E-state index contributed by atoms with van der Waals surface area (Å²) in [4.78, 5) is 0. The number of aryl methyl sites for hydroxylation is 1. The summed E-state index contributed by atoms with van der Waals surface area (Å²) in [5.74, 6) is 0.464. The Bertz CT molecular complexity index is 382. The molecule has 0 radical (unpaired) electrons. The molecule has 1 saturated heterocycles. The second kappa shape index (κ2) is 4.17. The normalized spacial score (nSPS) is 29.1. The Morgan fingerprint density at radius 1 is 1.19 bits per heavy atom. The molecular weight excluding hydrogens is 201 g/mol. The largest absolute Gasteiger partial charge is 0.313 e. The Morgan fingerprint density at radius 3 is 2.94 bits per heavy atom. The Hall–Kier alpha value is -0.890. The van der Waals surface area contributed by atoms with Crippen LogP contribution < -0.4 is 5.32 Å². The number of hydrogen-bond donors (Lipinski definition) is 1. The van der Waals surface area contributed by atoms with Gasteiger partial charge in [-0.3, -0.25) is 0 Å². The lowest BCUT2D eigenvalue weighted by Gasteiger charge is -2.30. The average molecular weight is 219 g/mol. The summed E-state index contributed by atoms with van der Waals surface area (Å²) >= 11 is 0. The Kier molecular flexibility index (Phi) is 2.68. The van der Waals surface area contributed by atoms with Crippen LogP contribution in [0.15, 0.2) is 18.2 Å². The van der Waals surface area contributed by atoms with Crippen LogP contribution in [0, 0.1) is 5.82 Å². The molecule has 1 fully saturated rings. The third kappa shape index (κ3) is 1.75. The monoisotopic (exact) mass is 219 g/mol. The Balaban J connectivity index is 1.94. The molecule has 1 aromatic rings. The molecule has 1 aliphatic heterocycles. The summed E-state index contributed by atoms with van der Waals surface area (Å²) in [6, 6.07) is 5.93. The predicted molar refractivity (Wildman–Crippen MR) is 63.1 cm³/mol. The van der Waals surface area contributed by atoms with E-state index in [0.717, 1.165) is 13.0 Å². The quantitative estimate of drug-likeness (QED) is 0.765. The highest BCUT2D eigenvalue weighted by Gasteiger charge is 2.29. The second-order valence-electron chi connectivity index (χ2n) is 5.04. The average Bonchev–Trinajstić information content (AvgIpc) is 2.81. The van der Waals surface area contributed by atoms with Crippen LogP contribution in [0.3, 0.4) is 0 Å². The fraction of sp³-hybridized carbons (Fsp3) is 0.571. The van der Waals surface area contributed by atoms with Crippen LogP contribution in [-0.2, 0) is 6.42 Å². The second-order valence-corrected chi connectivity index (χ2v) is 5.04. The van der Waals surface area contributed by atoms with Gasteiger partial charge >= 0.3 is 0 Å². The van der Waals surface area contributed by atoms with E-state index in [-0.39, 0.29) is 5.82 Å². The molecule has 0 aromatic heterocycles. The van der Waals surface area contributed by atoms with Gasteiger partial charge in [0.25, 0.3) is 0 Å². The number of fused-ring (bicyclic) bond motifs is 1. The summed E-state index contributed by atoms with van der Waals surface area (Å²) in [7, 11) is 0. The van der Waals surface area contributed by atoms with E-state index in [1.807, 2.05) is 6.07 Å². The van der Waals surface area contributed by atoms with Gasteiger partial charge in [-0.2, -0.15) is 0 Å². The van der Waals surface area contributed by atoms with Crippen molar-refractivity contribution in [2.75, 3.05) is 6.54 Å². The van der Waals surface area contributed by atoms with Crippen molar-refractivity contribution < 1.29 is 4.39 Å². The van der Waals surface area contributed by atoms with Crippen molar-refractivity contribution in [1.29, 1.82) is 0 Å². The van der Waals surface area contributed by atoms with E-state index in [2.05, 4.69) is 5.32 Å². The van der Waals surface area contributed by atoms with E-state index < -0.39 is 0 Å².